The Bertz CT molecular complexity index is 962. The molecule has 0 saturated heterocycles. The number of carbonyl (C=O) groups is 1. The van der Waals surface area contributed by atoms with Crippen molar-refractivity contribution in [2.24, 2.45) is 11.1 Å². The summed E-state index contributed by atoms with van der Waals surface area (Å²) in [6, 6.07) is 5.29. The number of amides is 1. The Morgan fingerprint density at radius 2 is 2.14 bits per heavy atom. The molecule has 1 aliphatic heterocycles. The highest BCUT2D eigenvalue weighted by Crippen LogP contribution is 2.38. The number of ether oxygens (including phenoxy) is 1. The fourth-order valence-electron chi connectivity index (χ4n) is 3.30. The van der Waals surface area contributed by atoms with Crippen molar-refractivity contribution in [1.82, 2.24) is 15.3 Å². The molecule has 2 aromatic rings. The fraction of sp³-hybridized carbons (Fsp3) is 0.381. The van der Waals surface area contributed by atoms with Crippen LogP contribution >= 0.6 is 0 Å². The van der Waals surface area contributed by atoms with E-state index in [1.807, 2.05) is 24.4 Å². The smallest absolute Gasteiger partial charge is 0.255 e. The van der Waals surface area contributed by atoms with Crippen LogP contribution in [0.2, 0.25) is 0 Å². The van der Waals surface area contributed by atoms with E-state index in [2.05, 4.69) is 41.4 Å². The number of carbonyl (C=O) groups excluding carboxylic acids is 1. The first kappa shape index (κ1) is 18.4. The highest BCUT2D eigenvalue weighted by atomic mass is 16.5. The van der Waals surface area contributed by atoms with E-state index in [4.69, 9.17) is 10.5 Å². The van der Waals surface area contributed by atoms with Crippen LogP contribution in [0, 0.1) is 5.41 Å². The van der Waals surface area contributed by atoms with Crippen LogP contribution in [-0.2, 0) is 0 Å². The molecule has 1 aromatic carbocycles. The Morgan fingerprint density at radius 3 is 2.93 bits per heavy atom. The van der Waals surface area contributed by atoms with Crippen LogP contribution in [0.4, 0.5) is 5.95 Å². The van der Waals surface area contributed by atoms with Gasteiger partial charge in [0.05, 0.1) is 23.8 Å². The quantitative estimate of drug-likeness (QED) is 0.757. The summed E-state index contributed by atoms with van der Waals surface area (Å²) in [5.41, 5.74) is 10.6. The molecule has 0 radical (unpaired) electrons. The largest absolute Gasteiger partial charge is 0.491 e. The molecule has 4 N–H and O–H groups in total. The van der Waals surface area contributed by atoms with E-state index in [1.54, 1.807) is 6.07 Å². The Balaban J connectivity index is 1.64. The van der Waals surface area contributed by atoms with Gasteiger partial charge in [0.2, 0.25) is 5.95 Å². The number of nitrogens with one attached hydrogen (secondary N) is 2. The molecule has 1 aliphatic carbocycles. The SMILES string of the molecule is CC(C)(C)CNc1ncc2c(n1)[C@@H](N)C=C2c1ccc2c(c1)OCCNC2=O. The third-order valence-electron chi connectivity index (χ3n) is 4.73. The van der Waals surface area contributed by atoms with Gasteiger partial charge < -0.3 is 21.1 Å². The molecule has 0 unspecified atom stereocenters. The summed E-state index contributed by atoms with van der Waals surface area (Å²) >= 11 is 0. The lowest BCUT2D eigenvalue weighted by Crippen LogP contribution is -2.24. The molecular formula is C21H25N5O2. The predicted molar refractivity (Wildman–Crippen MR) is 108 cm³/mol. The number of anilines is 1. The molecule has 28 heavy (non-hydrogen) atoms. The van der Waals surface area contributed by atoms with Gasteiger partial charge in [-0.1, -0.05) is 32.9 Å². The van der Waals surface area contributed by atoms with E-state index < -0.39 is 0 Å². The summed E-state index contributed by atoms with van der Waals surface area (Å²) in [6.45, 7) is 8.17. The summed E-state index contributed by atoms with van der Waals surface area (Å²) in [5.74, 6) is 1.05. The maximum absolute atomic E-state index is 12.1. The lowest BCUT2D eigenvalue weighted by atomic mass is 9.97. The molecule has 1 atom stereocenters. The van der Waals surface area contributed by atoms with Crippen LogP contribution in [0.3, 0.4) is 0 Å². The van der Waals surface area contributed by atoms with E-state index in [0.717, 1.165) is 28.9 Å². The molecule has 0 bridgehead atoms. The van der Waals surface area contributed by atoms with Gasteiger partial charge in [0, 0.05) is 18.3 Å². The molecule has 0 saturated carbocycles. The standard InChI is InChI=1S/C21H25N5O2/c1-21(2,3)11-25-20-24-10-15-14(9-16(22)18(15)26-20)12-4-5-13-17(8-12)28-7-6-23-19(13)27/h4-5,8-10,16H,6-7,11,22H2,1-3H3,(H,23,27)(H,24,25,26)/t16-/m0/s1. The van der Waals surface area contributed by atoms with E-state index in [1.165, 1.54) is 0 Å². The Labute approximate surface area is 164 Å². The summed E-state index contributed by atoms with van der Waals surface area (Å²) in [6.07, 6.45) is 3.79. The molecule has 7 heteroatoms. The number of nitrogens with two attached hydrogens (primary N) is 1. The third-order valence-corrected chi connectivity index (χ3v) is 4.73. The number of benzene rings is 1. The maximum Gasteiger partial charge on any atom is 0.255 e. The molecule has 4 rings (SSSR count). The van der Waals surface area contributed by atoms with Crippen LogP contribution in [0.15, 0.2) is 30.5 Å². The molecule has 1 amide bonds. The summed E-state index contributed by atoms with van der Waals surface area (Å²) in [5, 5.41) is 6.09. The molecule has 2 heterocycles. The van der Waals surface area contributed by atoms with Gasteiger partial charge in [0.25, 0.3) is 5.91 Å². The zero-order valence-electron chi connectivity index (χ0n) is 16.4. The first-order valence-electron chi connectivity index (χ1n) is 9.46. The van der Waals surface area contributed by atoms with E-state index >= 15 is 0 Å². The Hall–Kier alpha value is -2.93. The highest BCUT2D eigenvalue weighted by molar-refractivity contribution is 5.98. The number of fused-ring (bicyclic) bond motifs is 2. The van der Waals surface area contributed by atoms with Gasteiger partial charge in [-0.25, -0.2) is 9.97 Å². The van der Waals surface area contributed by atoms with Crippen molar-refractivity contribution >= 4 is 17.4 Å². The highest BCUT2D eigenvalue weighted by Gasteiger charge is 2.26. The van der Waals surface area contributed by atoms with Crippen molar-refractivity contribution in [3.63, 3.8) is 0 Å². The summed E-state index contributed by atoms with van der Waals surface area (Å²) in [7, 11) is 0. The second-order valence-electron chi connectivity index (χ2n) is 8.33. The fourth-order valence-corrected chi connectivity index (χ4v) is 3.30. The van der Waals surface area contributed by atoms with Crippen molar-refractivity contribution in [3.05, 3.63) is 52.9 Å². The van der Waals surface area contributed by atoms with Crippen molar-refractivity contribution in [2.45, 2.75) is 26.8 Å². The Kier molecular flexibility index (Phi) is 4.55. The lowest BCUT2D eigenvalue weighted by molar-refractivity contribution is 0.0957. The molecule has 0 spiro atoms. The number of hydrogen-bond donors (Lipinski definition) is 3. The minimum Gasteiger partial charge on any atom is -0.491 e. The average Bonchev–Trinajstić information content (AvgIpc) is 2.86. The van der Waals surface area contributed by atoms with Gasteiger partial charge in [-0.05, 0) is 28.7 Å². The number of rotatable bonds is 3. The summed E-state index contributed by atoms with van der Waals surface area (Å²) < 4.78 is 5.73. The maximum atomic E-state index is 12.1. The lowest BCUT2D eigenvalue weighted by Gasteiger charge is -2.19. The van der Waals surface area contributed by atoms with Crippen molar-refractivity contribution in [3.8, 4) is 5.75 Å². The normalized spacial score (nSPS) is 18.4. The van der Waals surface area contributed by atoms with Crippen molar-refractivity contribution in [1.29, 1.82) is 0 Å². The van der Waals surface area contributed by atoms with Gasteiger partial charge in [-0.15, -0.1) is 0 Å². The minimum absolute atomic E-state index is 0.116. The third kappa shape index (κ3) is 3.57. The minimum atomic E-state index is -0.300. The molecule has 1 aromatic heterocycles. The zero-order chi connectivity index (χ0) is 19.9. The second-order valence-corrected chi connectivity index (χ2v) is 8.33. The second kappa shape index (κ2) is 6.91. The molecule has 146 valence electrons. The zero-order valence-corrected chi connectivity index (χ0v) is 16.4. The summed E-state index contributed by atoms with van der Waals surface area (Å²) in [4.78, 5) is 21.2. The molecule has 2 aliphatic rings. The van der Waals surface area contributed by atoms with Crippen LogP contribution in [0.25, 0.3) is 5.57 Å². The first-order valence-corrected chi connectivity index (χ1v) is 9.46. The van der Waals surface area contributed by atoms with E-state index in [-0.39, 0.29) is 17.4 Å². The van der Waals surface area contributed by atoms with Gasteiger partial charge in [-0.3, -0.25) is 4.79 Å². The number of hydrogen-bond acceptors (Lipinski definition) is 6. The van der Waals surface area contributed by atoms with Crippen LogP contribution in [0.1, 0.15) is 54.0 Å². The number of aromatic nitrogens is 2. The molecule has 7 nitrogen and oxygen atoms in total. The van der Waals surface area contributed by atoms with E-state index in [9.17, 15) is 4.79 Å². The number of nitrogens with zero attached hydrogens (tertiary/aromatic N) is 2. The average molecular weight is 379 g/mol. The van der Waals surface area contributed by atoms with Gasteiger partial charge in [-0.2, -0.15) is 0 Å². The monoisotopic (exact) mass is 379 g/mol. The van der Waals surface area contributed by atoms with Gasteiger partial charge in [0.15, 0.2) is 0 Å². The topological polar surface area (TPSA) is 102 Å². The van der Waals surface area contributed by atoms with Crippen molar-refractivity contribution < 1.29 is 9.53 Å². The molecular weight excluding hydrogens is 354 g/mol. The van der Waals surface area contributed by atoms with Crippen LogP contribution in [0.5, 0.6) is 5.75 Å². The van der Waals surface area contributed by atoms with E-state index in [0.29, 0.717) is 30.4 Å². The first-order chi connectivity index (χ1) is 13.3. The van der Waals surface area contributed by atoms with Gasteiger partial charge in [0.1, 0.15) is 12.4 Å². The Morgan fingerprint density at radius 1 is 1.32 bits per heavy atom. The van der Waals surface area contributed by atoms with Crippen molar-refractivity contribution in [2.75, 3.05) is 25.0 Å². The predicted octanol–water partition coefficient (Wildman–Crippen LogP) is 2.50. The molecule has 0 fully saturated rings. The van der Waals surface area contributed by atoms with Crippen LogP contribution in [-0.4, -0.2) is 35.6 Å². The van der Waals surface area contributed by atoms with Crippen LogP contribution < -0.4 is 21.1 Å². The van der Waals surface area contributed by atoms with Gasteiger partial charge >= 0.3 is 0 Å².